The van der Waals surface area contributed by atoms with Crippen LogP contribution in [-0.4, -0.2) is 43.0 Å². The lowest BCUT2D eigenvalue weighted by Gasteiger charge is -2.14. The molecule has 33 heavy (non-hydrogen) atoms. The third kappa shape index (κ3) is 4.76. The van der Waals surface area contributed by atoms with Crippen LogP contribution in [0, 0.1) is 6.92 Å². The number of anilines is 1. The standard InChI is InChI=1S/C22H20F3N3O5/c1-12-16(11-26-28(12)14-7-5-6-13(8-14)22(23,24)25)20(29)27-17-10-19(32-3)18(31-2)9-15(17)21(30)33-4/h5-11H,1-4H3,(H,27,29). The molecule has 0 saturated carbocycles. The van der Waals surface area contributed by atoms with Crippen molar-refractivity contribution in [2.75, 3.05) is 26.6 Å². The molecular formula is C22H20F3N3O5. The van der Waals surface area contributed by atoms with Gasteiger partial charge in [0.05, 0.1) is 61.3 Å². The van der Waals surface area contributed by atoms with Gasteiger partial charge in [0.25, 0.3) is 5.91 Å². The van der Waals surface area contributed by atoms with Gasteiger partial charge in [0.1, 0.15) is 0 Å². The fourth-order valence-electron chi connectivity index (χ4n) is 3.16. The zero-order valence-corrected chi connectivity index (χ0v) is 18.1. The first-order valence-electron chi connectivity index (χ1n) is 9.48. The van der Waals surface area contributed by atoms with Gasteiger partial charge in [-0.1, -0.05) is 6.07 Å². The van der Waals surface area contributed by atoms with Crippen LogP contribution in [0.15, 0.2) is 42.6 Å². The second-order valence-electron chi connectivity index (χ2n) is 6.80. The van der Waals surface area contributed by atoms with E-state index >= 15 is 0 Å². The van der Waals surface area contributed by atoms with Crippen molar-refractivity contribution in [3.05, 3.63) is 65.0 Å². The summed E-state index contributed by atoms with van der Waals surface area (Å²) in [5.41, 5.74) is -0.191. The summed E-state index contributed by atoms with van der Waals surface area (Å²) in [5, 5.41) is 6.66. The Morgan fingerprint density at radius 2 is 1.67 bits per heavy atom. The number of halogens is 3. The number of amides is 1. The first-order chi connectivity index (χ1) is 15.6. The van der Waals surface area contributed by atoms with E-state index in [-0.39, 0.29) is 34.0 Å². The zero-order chi connectivity index (χ0) is 24.3. The molecule has 0 atom stereocenters. The molecule has 3 rings (SSSR count). The Labute approximate surface area is 186 Å². The van der Waals surface area contributed by atoms with Crippen LogP contribution in [0.1, 0.15) is 32.0 Å². The van der Waals surface area contributed by atoms with Gasteiger partial charge >= 0.3 is 12.1 Å². The fraction of sp³-hybridized carbons (Fsp3) is 0.227. The summed E-state index contributed by atoms with van der Waals surface area (Å²) in [4.78, 5) is 25.2. The first kappa shape index (κ1) is 23.6. The summed E-state index contributed by atoms with van der Waals surface area (Å²) in [6.45, 7) is 1.54. The number of nitrogens with zero attached hydrogens (tertiary/aromatic N) is 2. The number of hydrogen-bond acceptors (Lipinski definition) is 6. The van der Waals surface area contributed by atoms with Crippen LogP contribution < -0.4 is 14.8 Å². The number of nitrogens with one attached hydrogen (secondary N) is 1. The SMILES string of the molecule is COC(=O)c1cc(OC)c(OC)cc1NC(=O)c1cnn(-c2cccc(C(F)(F)F)c2)c1C. The van der Waals surface area contributed by atoms with Crippen molar-refractivity contribution in [2.45, 2.75) is 13.1 Å². The topological polar surface area (TPSA) is 91.7 Å². The highest BCUT2D eigenvalue weighted by atomic mass is 19.4. The Hall–Kier alpha value is -4.02. The molecule has 1 heterocycles. The van der Waals surface area contributed by atoms with E-state index in [0.717, 1.165) is 12.1 Å². The number of aromatic nitrogens is 2. The number of carbonyl (C=O) groups excluding carboxylic acids is 2. The lowest BCUT2D eigenvalue weighted by Crippen LogP contribution is -2.16. The van der Waals surface area contributed by atoms with Crippen LogP contribution in [-0.2, 0) is 10.9 Å². The number of methoxy groups -OCH3 is 3. The zero-order valence-electron chi connectivity index (χ0n) is 18.1. The van der Waals surface area contributed by atoms with Crippen LogP contribution in [0.25, 0.3) is 5.69 Å². The van der Waals surface area contributed by atoms with E-state index in [0.29, 0.717) is 5.69 Å². The number of hydrogen-bond donors (Lipinski definition) is 1. The minimum Gasteiger partial charge on any atom is -0.493 e. The summed E-state index contributed by atoms with van der Waals surface area (Å²) in [5.74, 6) is -0.841. The molecule has 0 aliphatic rings. The monoisotopic (exact) mass is 463 g/mol. The molecule has 1 aromatic heterocycles. The number of alkyl halides is 3. The minimum atomic E-state index is -4.52. The average Bonchev–Trinajstić information content (AvgIpc) is 3.19. The van der Waals surface area contributed by atoms with Gasteiger partial charge in [0.2, 0.25) is 0 Å². The molecule has 0 radical (unpaired) electrons. The Bertz CT molecular complexity index is 1200. The highest BCUT2D eigenvalue weighted by Gasteiger charge is 2.31. The number of ether oxygens (including phenoxy) is 3. The maximum Gasteiger partial charge on any atom is 0.416 e. The van der Waals surface area contributed by atoms with E-state index in [2.05, 4.69) is 10.4 Å². The average molecular weight is 463 g/mol. The Morgan fingerprint density at radius 1 is 1.00 bits per heavy atom. The second kappa shape index (κ2) is 9.23. The molecule has 0 aliphatic heterocycles. The highest BCUT2D eigenvalue weighted by Crippen LogP contribution is 2.34. The summed E-state index contributed by atoms with van der Waals surface area (Å²) in [7, 11) is 3.97. The van der Waals surface area contributed by atoms with Gasteiger partial charge in [-0.25, -0.2) is 9.48 Å². The van der Waals surface area contributed by atoms with Gasteiger partial charge < -0.3 is 19.5 Å². The molecule has 0 aliphatic carbocycles. The van der Waals surface area contributed by atoms with Gasteiger partial charge in [-0.05, 0) is 25.1 Å². The first-order valence-corrected chi connectivity index (χ1v) is 9.48. The molecule has 0 unspecified atom stereocenters. The van der Waals surface area contributed by atoms with E-state index in [9.17, 15) is 22.8 Å². The lowest BCUT2D eigenvalue weighted by atomic mass is 10.1. The number of rotatable bonds is 6. The predicted octanol–water partition coefficient (Wildman–Crippen LogP) is 4.26. The molecule has 3 aromatic rings. The minimum absolute atomic E-state index is 0.0198. The van der Waals surface area contributed by atoms with Crippen LogP contribution in [0.5, 0.6) is 11.5 Å². The summed E-state index contributed by atoms with van der Waals surface area (Å²) in [6, 6.07) is 7.34. The second-order valence-corrected chi connectivity index (χ2v) is 6.80. The third-order valence-electron chi connectivity index (χ3n) is 4.85. The van der Waals surface area contributed by atoms with Gasteiger partial charge in [-0.15, -0.1) is 0 Å². The van der Waals surface area contributed by atoms with E-state index in [1.807, 2.05) is 0 Å². The third-order valence-corrected chi connectivity index (χ3v) is 4.85. The lowest BCUT2D eigenvalue weighted by molar-refractivity contribution is -0.137. The molecule has 11 heteroatoms. The summed E-state index contributed by atoms with van der Waals surface area (Å²) in [6.07, 6.45) is -3.29. The Kier molecular flexibility index (Phi) is 6.61. The molecule has 1 N–H and O–H groups in total. The number of carbonyl (C=O) groups is 2. The van der Waals surface area contributed by atoms with Crippen molar-refractivity contribution < 1.29 is 37.0 Å². The van der Waals surface area contributed by atoms with Crippen molar-refractivity contribution in [3.63, 3.8) is 0 Å². The maximum atomic E-state index is 13.1. The molecule has 0 saturated heterocycles. The molecule has 8 nitrogen and oxygen atoms in total. The van der Waals surface area contributed by atoms with Crippen LogP contribution in [0.4, 0.5) is 18.9 Å². The smallest absolute Gasteiger partial charge is 0.416 e. The van der Waals surface area contributed by atoms with Crippen molar-refractivity contribution in [2.24, 2.45) is 0 Å². The van der Waals surface area contributed by atoms with E-state index < -0.39 is 23.6 Å². The van der Waals surface area contributed by atoms with Crippen molar-refractivity contribution in [1.82, 2.24) is 9.78 Å². The molecule has 174 valence electrons. The number of esters is 1. The summed E-state index contributed by atoms with van der Waals surface area (Å²) < 4.78 is 55.6. The predicted molar refractivity (Wildman–Crippen MR) is 112 cm³/mol. The van der Waals surface area contributed by atoms with Crippen LogP contribution in [0.3, 0.4) is 0 Å². The van der Waals surface area contributed by atoms with Gasteiger partial charge in [0.15, 0.2) is 11.5 Å². The van der Waals surface area contributed by atoms with Crippen LogP contribution >= 0.6 is 0 Å². The summed E-state index contributed by atoms with van der Waals surface area (Å²) >= 11 is 0. The van der Waals surface area contributed by atoms with E-state index in [1.165, 1.54) is 63.4 Å². The molecule has 0 fully saturated rings. The van der Waals surface area contributed by atoms with E-state index in [1.54, 1.807) is 0 Å². The highest BCUT2D eigenvalue weighted by molar-refractivity contribution is 6.09. The Morgan fingerprint density at radius 3 is 2.27 bits per heavy atom. The van der Waals surface area contributed by atoms with Crippen molar-refractivity contribution >= 4 is 17.6 Å². The Balaban J connectivity index is 1.97. The fourth-order valence-corrected chi connectivity index (χ4v) is 3.16. The maximum absolute atomic E-state index is 13.1. The van der Waals surface area contributed by atoms with Crippen molar-refractivity contribution in [1.29, 1.82) is 0 Å². The normalized spacial score (nSPS) is 11.1. The molecule has 0 bridgehead atoms. The van der Waals surface area contributed by atoms with Gasteiger partial charge in [-0.2, -0.15) is 18.3 Å². The van der Waals surface area contributed by atoms with E-state index in [4.69, 9.17) is 14.2 Å². The van der Waals surface area contributed by atoms with Gasteiger partial charge in [-0.3, -0.25) is 4.79 Å². The number of benzene rings is 2. The molecular weight excluding hydrogens is 443 g/mol. The largest absolute Gasteiger partial charge is 0.493 e. The van der Waals surface area contributed by atoms with Gasteiger partial charge in [0, 0.05) is 12.1 Å². The van der Waals surface area contributed by atoms with Crippen LogP contribution in [0.2, 0.25) is 0 Å². The molecule has 2 aromatic carbocycles. The molecule has 0 spiro atoms. The molecule has 1 amide bonds. The quantitative estimate of drug-likeness (QED) is 0.550. The van der Waals surface area contributed by atoms with Crippen molar-refractivity contribution in [3.8, 4) is 17.2 Å².